The van der Waals surface area contributed by atoms with Crippen molar-refractivity contribution >= 4 is 45.2 Å². The van der Waals surface area contributed by atoms with Crippen LogP contribution in [0.15, 0.2) is 34.8 Å². The highest BCUT2D eigenvalue weighted by molar-refractivity contribution is 9.10. The van der Waals surface area contributed by atoms with Crippen molar-refractivity contribution in [3.05, 3.63) is 56.6 Å². The van der Waals surface area contributed by atoms with E-state index in [1.807, 2.05) is 31.2 Å². The minimum atomic E-state index is -0.635. The first-order valence-corrected chi connectivity index (χ1v) is 12.3. The number of rotatable bonds is 8. The molecule has 1 fully saturated rings. The largest absolute Gasteiger partial charge is 0.384 e. The number of carbonyl (C=O) groups is 2. The topological polar surface area (TPSA) is 100 Å². The smallest absolute Gasteiger partial charge is 0.242 e. The maximum Gasteiger partial charge on any atom is 0.242 e. The molecule has 4 N–H and O–H groups in total. The molecule has 7 nitrogen and oxygen atoms in total. The lowest BCUT2D eigenvalue weighted by atomic mass is 9.96. The van der Waals surface area contributed by atoms with Crippen LogP contribution in [-0.2, 0) is 22.6 Å². The first-order valence-electron chi connectivity index (χ1n) is 11.2. The number of carbonyl (C=O) groups excluding carboxylic acids is 2. The number of likely N-dealkylation sites (N-methyl/N-ethyl adjacent to an activating group) is 1. The van der Waals surface area contributed by atoms with Gasteiger partial charge in [0, 0.05) is 23.3 Å². The van der Waals surface area contributed by atoms with E-state index in [1.165, 1.54) is 5.56 Å². The number of amides is 2. The number of anilines is 1. The van der Waals surface area contributed by atoms with Crippen molar-refractivity contribution in [1.29, 1.82) is 0 Å². The number of likely N-dealkylation sites (tertiary alicyclic amines) is 1. The first kappa shape index (κ1) is 25.5. The van der Waals surface area contributed by atoms with Crippen molar-refractivity contribution in [1.82, 2.24) is 20.5 Å². The molecule has 0 saturated carbocycles. The Kier molecular flexibility index (Phi) is 8.73. The number of benzene rings is 1. The number of aryl methyl sites for hydroxylation is 1. The van der Waals surface area contributed by atoms with E-state index < -0.39 is 6.04 Å². The first-order chi connectivity index (χ1) is 15.7. The quantitative estimate of drug-likeness (QED) is 0.480. The fourth-order valence-corrected chi connectivity index (χ4v) is 4.82. The third kappa shape index (κ3) is 6.68. The number of nitrogens with one attached hydrogen (secondary N) is 2. The lowest BCUT2D eigenvalue weighted by Crippen LogP contribution is -2.50. The molecule has 2 amide bonds. The second kappa shape index (κ2) is 11.3. The zero-order valence-electron chi connectivity index (χ0n) is 19.2. The average molecular weight is 537 g/mol. The van der Waals surface area contributed by atoms with E-state index in [0.29, 0.717) is 23.3 Å². The molecule has 0 radical (unpaired) electrons. The average Bonchev–Trinajstić information content (AvgIpc) is 3.18. The minimum absolute atomic E-state index is 0.107. The number of nitrogens with two attached hydrogens (primary N) is 1. The predicted octanol–water partition coefficient (Wildman–Crippen LogP) is 3.46. The van der Waals surface area contributed by atoms with Gasteiger partial charge in [0.05, 0.1) is 11.1 Å². The van der Waals surface area contributed by atoms with Gasteiger partial charge >= 0.3 is 0 Å². The molecule has 1 aliphatic heterocycles. The Hall–Kier alpha value is -2.16. The van der Waals surface area contributed by atoms with Crippen LogP contribution >= 0.6 is 27.5 Å². The number of nitrogens with zero attached hydrogens (tertiary/aromatic N) is 2. The summed E-state index contributed by atoms with van der Waals surface area (Å²) in [4.78, 5) is 32.0. The van der Waals surface area contributed by atoms with E-state index in [2.05, 4.69) is 43.4 Å². The second-order valence-corrected chi connectivity index (χ2v) is 9.85. The summed E-state index contributed by atoms with van der Waals surface area (Å²) in [5.41, 5.74) is 8.53. The van der Waals surface area contributed by atoms with E-state index in [-0.39, 0.29) is 17.9 Å². The van der Waals surface area contributed by atoms with Crippen LogP contribution in [0.1, 0.15) is 37.1 Å². The lowest BCUT2D eigenvalue weighted by molar-refractivity contribution is -0.131. The highest BCUT2D eigenvalue weighted by Gasteiger charge is 2.36. The zero-order chi connectivity index (χ0) is 24.1. The van der Waals surface area contributed by atoms with Crippen molar-refractivity contribution in [2.75, 3.05) is 18.8 Å². The molecule has 1 aromatic carbocycles. The van der Waals surface area contributed by atoms with Crippen LogP contribution in [0.4, 0.5) is 5.82 Å². The number of hydrogen-bond acceptors (Lipinski definition) is 5. The van der Waals surface area contributed by atoms with Crippen molar-refractivity contribution in [2.24, 2.45) is 5.92 Å². The number of nitrogen functional groups attached to an aromatic ring is 1. The Morgan fingerprint density at radius 2 is 2.09 bits per heavy atom. The minimum Gasteiger partial charge on any atom is -0.384 e. The molecule has 1 saturated heterocycles. The van der Waals surface area contributed by atoms with Gasteiger partial charge in [-0.05, 0) is 84.4 Å². The molecule has 0 aliphatic carbocycles. The summed E-state index contributed by atoms with van der Waals surface area (Å²) in [7, 11) is 0. The Bertz CT molecular complexity index is 1020. The fourth-order valence-electron chi connectivity index (χ4n) is 4.28. The van der Waals surface area contributed by atoms with Gasteiger partial charge in [0.15, 0.2) is 0 Å². The molecule has 0 bridgehead atoms. The van der Waals surface area contributed by atoms with Crippen molar-refractivity contribution in [3.8, 4) is 0 Å². The van der Waals surface area contributed by atoms with E-state index in [1.54, 1.807) is 13.0 Å². The van der Waals surface area contributed by atoms with E-state index >= 15 is 0 Å². The molecule has 2 aromatic rings. The normalized spacial score (nSPS) is 19.3. The van der Waals surface area contributed by atoms with Gasteiger partial charge in [0.2, 0.25) is 11.8 Å². The number of hydrogen-bond donors (Lipinski definition) is 3. The van der Waals surface area contributed by atoms with Crippen molar-refractivity contribution < 1.29 is 9.59 Å². The van der Waals surface area contributed by atoms with Crippen LogP contribution in [0.25, 0.3) is 0 Å². The summed E-state index contributed by atoms with van der Waals surface area (Å²) in [5, 5.41) is 6.45. The predicted molar refractivity (Wildman–Crippen MR) is 135 cm³/mol. The van der Waals surface area contributed by atoms with E-state index in [0.717, 1.165) is 41.7 Å². The van der Waals surface area contributed by atoms with Crippen molar-refractivity contribution in [3.63, 3.8) is 0 Å². The molecule has 2 unspecified atom stereocenters. The van der Waals surface area contributed by atoms with E-state index in [9.17, 15) is 9.59 Å². The van der Waals surface area contributed by atoms with E-state index in [4.69, 9.17) is 17.3 Å². The molecule has 33 heavy (non-hydrogen) atoms. The molecule has 2 heterocycles. The highest BCUT2D eigenvalue weighted by Crippen LogP contribution is 2.29. The summed E-state index contributed by atoms with van der Waals surface area (Å²) < 4.78 is 0.881. The summed E-state index contributed by atoms with van der Waals surface area (Å²) in [6.07, 6.45) is 1.63. The Morgan fingerprint density at radius 3 is 2.76 bits per heavy atom. The highest BCUT2D eigenvalue weighted by atomic mass is 79.9. The molecule has 1 aromatic heterocycles. The van der Waals surface area contributed by atoms with Crippen LogP contribution in [-0.4, -0.2) is 46.9 Å². The van der Waals surface area contributed by atoms with Crippen LogP contribution in [0.5, 0.6) is 0 Å². The summed E-state index contributed by atoms with van der Waals surface area (Å²) in [5.74, 6) is 0.467. The summed E-state index contributed by atoms with van der Waals surface area (Å²) in [6, 6.07) is 8.63. The molecule has 9 heteroatoms. The monoisotopic (exact) mass is 535 g/mol. The zero-order valence-corrected chi connectivity index (χ0v) is 21.5. The number of pyridine rings is 1. The van der Waals surface area contributed by atoms with Crippen LogP contribution in [0.2, 0.25) is 5.02 Å². The van der Waals surface area contributed by atoms with Gasteiger partial charge in [-0.3, -0.25) is 14.5 Å². The van der Waals surface area contributed by atoms with Crippen LogP contribution in [0, 0.1) is 12.8 Å². The second-order valence-electron chi connectivity index (χ2n) is 8.59. The van der Waals surface area contributed by atoms with Gasteiger partial charge in [-0.2, -0.15) is 0 Å². The molecule has 3 atom stereocenters. The van der Waals surface area contributed by atoms with Gasteiger partial charge in [0.25, 0.3) is 0 Å². The molecule has 3 rings (SSSR count). The third-order valence-electron chi connectivity index (χ3n) is 6.13. The van der Waals surface area contributed by atoms with Crippen LogP contribution in [0.3, 0.4) is 0 Å². The van der Waals surface area contributed by atoms with Crippen molar-refractivity contribution in [2.45, 2.75) is 52.2 Å². The standard InChI is InChI=1S/C24H31BrClN5O2/c1-4-31-13-17(9-16-5-7-20(26)19(25)10-16)11-21(31)24(33)30-15(3)23(32)28-12-18-6-8-22(27)29-14(18)2/h5-8,10,15,17,21H,4,9,11-13H2,1-3H3,(H2,27,29)(H,28,32)(H,30,33)/t15-,17?,21?/m0/s1. The molecular formula is C24H31BrClN5O2. The lowest BCUT2D eigenvalue weighted by Gasteiger charge is -2.23. The van der Waals surface area contributed by atoms with Gasteiger partial charge in [-0.1, -0.05) is 30.7 Å². The maximum absolute atomic E-state index is 13.0. The van der Waals surface area contributed by atoms with Gasteiger partial charge in [0.1, 0.15) is 11.9 Å². The van der Waals surface area contributed by atoms with Gasteiger partial charge in [-0.15, -0.1) is 0 Å². The Balaban J connectivity index is 1.54. The molecule has 0 spiro atoms. The van der Waals surface area contributed by atoms with Crippen LogP contribution < -0.4 is 16.4 Å². The molecule has 1 aliphatic rings. The molecule has 178 valence electrons. The SMILES string of the molecule is CCN1CC(Cc2ccc(Cl)c(Br)c2)CC1C(=O)N[C@@H](C)C(=O)NCc1ccc(N)nc1C. The van der Waals surface area contributed by atoms with Gasteiger partial charge < -0.3 is 16.4 Å². The number of halogens is 2. The Morgan fingerprint density at radius 1 is 1.33 bits per heavy atom. The fraction of sp³-hybridized carbons (Fsp3) is 0.458. The number of aromatic nitrogens is 1. The molecular weight excluding hydrogens is 506 g/mol. The van der Waals surface area contributed by atoms with Gasteiger partial charge in [-0.25, -0.2) is 4.98 Å². The maximum atomic E-state index is 13.0. The Labute approximate surface area is 208 Å². The summed E-state index contributed by atoms with van der Waals surface area (Å²) in [6.45, 7) is 7.57. The third-order valence-corrected chi connectivity index (χ3v) is 7.34. The summed E-state index contributed by atoms with van der Waals surface area (Å²) >= 11 is 9.58.